The van der Waals surface area contributed by atoms with Gasteiger partial charge in [0.2, 0.25) is 0 Å². The first-order valence-corrected chi connectivity index (χ1v) is 17.3. The van der Waals surface area contributed by atoms with E-state index in [0.717, 1.165) is 64.8 Å². The van der Waals surface area contributed by atoms with Crippen LogP contribution >= 0.6 is 0 Å². The Hall–Kier alpha value is -0.458. The summed E-state index contributed by atoms with van der Waals surface area (Å²) in [5.41, 5.74) is 2.90. The fourth-order valence-electron chi connectivity index (χ4n) is 4.03. The van der Waals surface area contributed by atoms with Crippen molar-refractivity contribution in [2.75, 3.05) is 79.3 Å². The second kappa shape index (κ2) is 28.2. The molecule has 0 N–H and O–H groups in total. The van der Waals surface area contributed by atoms with E-state index in [9.17, 15) is 0 Å². The van der Waals surface area contributed by atoms with Gasteiger partial charge in [0.15, 0.2) is 0 Å². The molecular weight excluding hydrogens is 769 g/mol. The van der Waals surface area contributed by atoms with Crippen LogP contribution in [0.5, 0.6) is 0 Å². The third kappa shape index (κ3) is 41.7. The standard InChI is InChI=1S/C9H19N2.C9H19NO.C8H12N2.C6H14O.C6H14.2CH4.Re/c1-9(2,3)8-11-6-4-10-5-7-11;1-9(2,3)8-10-4-6-11-7-5-10;1-8(2,3)7-6-9-4-5-10-7;1-6(2,3)5-7-4;1-5-6(2,3)4;;;/h2*4-8H2,1-3H3;4-6H,1-3H3;5H2,1-4H3;5H2,1-4H3;2*1H4;/q-1;;;;;;;. The van der Waals surface area contributed by atoms with Crippen molar-refractivity contribution < 1.29 is 29.9 Å². The van der Waals surface area contributed by atoms with Crippen molar-refractivity contribution in [3.63, 3.8) is 0 Å². The van der Waals surface area contributed by atoms with E-state index in [1.54, 1.807) is 25.7 Å². The number of rotatable bonds is 3. The number of hydrogen-bond donors (Lipinski definition) is 0. The van der Waals surface area contributed by atoms with E-state index in [0.29, 0.717) is 21.7 Å². The number of nitrogens with zero attached hydrogens (tertiary/aromatic N) is 5. The molecule has 1 radical (unpaired) electrons. The molecule has 0 bridgehead atoms. The summed E-state index contributed by atoms with van der Waals surface area (Å²) >= 11 is 0. The van der Waals surface area contributed by atoms with Crippen LogP contribution in [0.25, 0.3) is 5.32 Å². The first-order chi connectivity index (χ1) is 20.4. The molecule has 0 saturated carbocycles. The van der Waals surface area contributed by atoms with E-state index in [1.165, 1.54) is 19.5 Å². The van der Waals surface area contributed by atoms with Crippen molar-refractivity contribution in [3.8, 4) is 0 Å². The van der Waals surface area contributed by atoms with Crippen molar-refractivity contribution in [2.24, 2.45) is 21.7 Å². The zero-order chi connectivity index (χ0) is 35.4. The molecule has 0 spiro atoms. The van der Waals surface area contributed by atoms with Gasteiger partial charge < -0.3 is 19.7 Å². The molecule has 3 heterocycles. The molecule has 0 aliphatic carbocycles. The molecule has 1 aromatic heterocycles. The maximum atomic E-state index is 5.27. The van der Waals surface area contributed by atoms with E-state index < -0.39 is 0 Å². The minimum absolute atomic E-state index is 0. The third-order valence-corrected chi connectivity index (χ3v) is 6.62. The van der Waals surface area contributed by atoms with E-state index >= 15 is 0 Å². The third-order valence-electron chi connectivity index (χ3n) is 6.62. The van der Waals surface area contributed by atoms with Crippen LogP contribution in [0.15, 0.2) is 18.6 Å². The second-order valence-electron chi connectivity index (χ2n) is 18.2. The Morgan fingerprint density at radius 1 is 0.688 bits per heavy atom. The van der Waals surface area contributed by atoms with Crippen LogP contribution < -0.4 is 0 Å². The average Bonchev–Trinajstić information content (AvgIpc) is 2.88. The molecule has 0 atom stereocenters. The van der Waals surface area contributed by atoms with Crippen LogP contribution in [-0.4, -0.2) is 99.1 Å². The van der Waals surface area contributed by atoms with Gasteiger partial charge >= 0.3 is 0 Å². The SMILES string of the molecule is C.C.CC(C)(C)CN1CCOCC1.CC(C)(C)CN1CC[N-]CC1.CC(C)(C)c1cnccn1.CCC(C)(C)C.COCC(C)(C)C.[Re]. The van der Waals surface area contributed by atoms with Gasteiger partial charge in [0.1, 0.15) is 0 Å². The molecule has 2 fully saturated rings. The number of piperazine rings is 1. The number of ether oxygens (including phenoxy) is 2. The molecule has 7 nitrogen and oxygen atoms in total. The normalized spacial score (nSPS) is 15.8. The predicted octanol–water partition coefficient (Wildman–Crippen LogP) is 10.3. The van der Waals surface area contributed by atoms with Gasteiger partial charge in [-0.05, 0) is 34.7 Å². The van der Waals surface area contributed by atoms with Gasteiger partial charge in [0.25, 0.3) is 0 Å². The summed E-state index contributed by atoms with van der Waals surface area (Å²) in [5, 5.41) is 4.32. The van der Waals surface area contributed by atoms with E-state index in [4.69, 9.17) is 9.47 Å². The van der Waals surface area contributed by atoms with Crippen molar-refractivity contribution in [1.82, 2.24) is 19.8 Å². The molecule has 2 aliphatic rings. The summed E-state index contributed by atoms with van der Waals surface area (Å²) in [6.07, 6.45) is 6.49. The second-order valence-corrected chi connectivity index (χ2v) is 18.2. The van der Waals surface area contributed by atoms with Crippen molar-refractivity contribution in [3.05, 3.63) is 29.6 Å². The maximum Gasteiger partial charge on any atom is 0.0640 e. The van der Waals surface area contributed by atoms with Crippen LogP contribution in [0.1, 0.15) is 138 Å². The Labute approximate surface area is 316 Å². The average molecular weight is 855 g/mol. The molecule has 0 aromatic carbocycles. The Morgan fingerprint density at radius 2 is 1.10 bits per heavy atom. The van der Waals surface area contributed by atoms with Crippen LogP contribution in [0.3, 0.4) is 0 Å². The largest absolute Gasteiger partial charge is 0.660 e. The van der Waals surface area contributed by atoms with Crippen LogP contribution in [0.4, 0.5) is 0 Å². The first kappa shape index (κ1) is 56.9. The molecule has 1 aromatic rings. The van der Waals surface area contributed by atoms with Crippen molar-refractivity contribution in [2.45, 2.75) is 137 Å². The molecule has 8 heteroatoms. The summed E-state index contributed by atoms with van der Waals surface area (Å²) in [5.74, 6) is 0. The number of morpholine rings is 1. The number of aromatic nitrogens is 2. The van der Waals surface area contributed by atoms with E-state index in [2.05, 4.69) is 136 Å². The molecule has 2 aliphatic heterocycles. The van der Waals surface area contributed by atoms with Gasteiger partial charge in [-0.3, -0.25) is 14.9 Å². The van der Waals surface area contributed by atoms with Crippen molar-refractivity contribution in [1.29, 1.82) is 0 Å². The molecular formula is C40H86N5O2Re-. The molecule has 291 valence electrons. The summed E-state index contributed by atoms with van der Waals surface area (Å²) < 4.78 is 10.2. The van der Waals surface area contributed by atoms with Gasteiger partial charge in [-0.15, -0.1) is 13.1 Å². The minimum atomic E-state index is 0. The van der Waals surface area contributed by atoms with Gasteiger partial charge in [-0.1, -0.05) is 132 Å². The Bertz CT molecular complexity index is 778. The summed E-state index contributed by atoms with van der Waals surface area (Å²) in [4.78, 5) is 13.2. The monoisotopic (exact) mass is 856 g/mol. The van der Waals surface area contributed by atoms with Crippen LogP contribution in [0.2, 0.25) is 0 Å². The van der Waals surface area contributed by atoms with Crippen LogP contribution in [0, 0.1) is 21.7 Å². The molecule has 0 amide bonds. The van der Waals surface area contributed by atoms with Gasteiger partial charge in [-0.2, -0.15) is 0 Å². The van der Waals surface area contributed by atoms with Gasteiger partial charge in [0.05, 0.1) is 25.5 Å². The summed E-state index contributed by atoms with van der Waals surface area (Å²) in [6.45, 7) is 47.2. The first-order valence-electron chi connectivity index (χ1n) is 17.3. The quantitative estimate of drug-likeness (QED) is 0.302. The number of hydrogen-bond acceptors (Lipinski definition) is 6. The Kier molecular flexibility index (Phi) is 33.4. The van der Waals surface area contributed by atoms with E-state index in [1.807, 2.05) is 0 Å². The zero-order valence-corrected chi connectivity index (χ0v) is 36.4. The summed E-state index contributed by atoms with van der Waals surface area (Å²) in [7, 11) is 1.73. The predicted molar refractivity (Wildman–Crippen MR) is 211 cm³/mol. The Morgan fingerprint density at radius 3 is 1.35 bits per heavy atom. The number of methoxy groups -OCH3 is 1. The molecule has 3 rings (SSSR count). The molecule has 2 saturated heterocycles. The van der Waals surface area contributed by atoms with Crippen molar-refractivity contribution >= 4 is 0 Å². The topological polar surface area (TPSA) is 64.8 Å². The van der Waals surface area contributed by atoms with Gasteiger partial charge in [0, 0.05) is 77.7 Å². The van der Waals surface area contributed by atoms with Crippen LogP contribution in [-0.2, 0) is 35.3 Å². The Balaban J connectivity index is -0.000000161. The molecule has 48 heavy (non-hydrogen) atoms. The summed E-state index contributed by atoms with van der Waals surface area (Å²) in [6, 6.07) is 0. The van der Waals surface area contributed by atoms with E-state index in [-0.39, 0.29) is 40.7 Å². The van der Waals surface area contributed by atoms with Gasteiger partial charge in [-0.25, -0.2) is 0 Å². The fourth-order valence-corrected chi connectivity index (χ4v) is 4.03. The minimum Gasteiger partial charge on any atom is -0.660 e. The smallest absolute Gasteiger partial charge is 0.0640 e. The molecule has 0 unspecified atom stereocenters. The zero-order valence-electron chi connectivity index (χ0n) is 33.6. The maximum absolute atomic E-state index is 5.27. The fraction of sp³-hybridized carbons (Fsp3) is 0.900.